The number of hydrogen-bond acceptors (Lipinski definition) is 2. The van der Waals surface area contributed by atoms with Crippen LogP contribution in [0.5, 0.6) is 5.75 Å². The van der Waals surface area contributed by atoms with Gasteiger partial charge in [-0.05, 0) is 44.9 Å². The number of allylic oxidation sites excluding steroid dienone is 2. The lowest BCUT2D eigenvalue weighted by molar-refractivity contribution is -0.111. The van der Waals surface area contributed by atoms with E-state index in [0.717, 1.165) is 28.0 Å². The number of rotatable bonds is 3. The fourth-order valence-electron chi connectivity index (χ4n) is 1.92. The topological polar surface area (TPSA) is 26.3 Å². The standard InChI is InChI=1S/C14H18O2/c1-9(2)14(11(4)15)12-7-6-8-13(16-5)10(12)3/h6-8H,1-5H3. The number of ether oxygens (including phenoxy) is 1. The largest absolute Gasteiger partial charge is 0.496 e. The molecule has 0 aliphatic rings. The maximum Gasteiger partial charge on any atom is 0.160 e. The van der Waals surface area contributed by atoms with Gasteiger partial charge >= 0.3 is 0 Å². The van der Waals surface area contributed by atoms with Crippen LogP contribution in [0.1, 0.15) is 31.9 Å². The Morgan fingerprint density at radius 1 is 1.19 bits per heavy atom. The lowest BCUT2D eigenvalue weighted by Crippen LogP contribution is -2.01. The molecule has 2 heteroatoms. The molecule has 0 aliphatic carbocycles. The molecular formula is C14H18O2. The number of hydrogen-bond donors (Lipinski definition) is 0. The second-order valence-electron chi connectivity index (χ2n) is 4.06. The van der Waals surface area contributed by atoms with E-state index in [-0.39, 0.29) is 5.78 Å². The van der Waals surface area contributed by atoms with E-state index >= 15 is 0 Å². The van der Waals surface area contributed by atoms with Crippen molar-refractivity contribution in [2.45, 2.75) is 27.7 Å². The fraction of sp³-hybridized carbons (Fsp3) is 0.357. The normalized spacial score (nSPS) is 9.81. The summed E-state index contributed by atoms with van der Waals surface area (Å²) < 4.78 is 5.26. The summed E-state index contributed by atoms with van der Waals surface area (Å²) in [5.74, 6) is 0.911. The molecule has 0 unspecified atom stereocenters. The number of Topliss-reactive ketones (excluding diaryl/α,β-unsaturated/α-hetero) is 1. The van der Waals surface area contributed by atoms with Crippen LogP contribution in [-0.2, 0) is 4.79 Å². The molecule has 0 aliphatic heterocycles. The van der Waals surface area contributed by atoms with Crippen LogP contribution >= 0.6 is 0 Å². The highest BCUT2D eigenvalue weighted by atomic mass is 16.5. The SMILES string of the molecule is COc1cccc(C(C(C)=O)=C(C)C)c1C. The van der Waals surface area contributed by atoms with E-state index in [0.29, 0.717) is 0 Å². The average Bonchev–Trinajstić information content (AvgIpc) is 2.20. The maximum absolute atomic E-state index is 11.6. The summed E-state index contributed by atoms with van der Waals surface area (Å²) in [6.45, 7) is 7.48. The van der Waals surface area contributed by atoms with Gasteiger partial charge in [-0.3, -0.25) is 4.79 Å². The van der Waals surface area contributed by atoms with Gasteiger partial charge in [0.25, 0.3) is 0 Å². The molecule has 0 saturated carbocycles. The number of carbonyl (C=O) groups is 1. The van der Waals surface area contributed by atoms with E-state index in [1.165, 1.54) is 0 Å². The lowest BCUT2D eigenvalue weighted by Gasteiger charge is -2.13. The molecule has 0 spiro atoms. The smallest absolute Gasteiger partial charge is 0.160 e. The van der Waals surface area contributed by atoms with Gasteiger partial charge < -0.3 is 4.74 Å². The maximum atomic E-state index is 11.6. The zero-order chi connectivity index (χ0) is 12.3. The molecule has 1 aromatic rings. The van der Waals surface area contributed by atoms with Crippen LogP contribution in [0, 0.1) is 6.92 Å². The van der Waals surface area contributed by atoms with Crippen LogP contribution < -0.4 is 4.74 Å². The van der Waals surface area contributed by atoms with Crippen LogP contribution in [0.4, 0.5) is 0 Å². The molecule has 1 rings (SSSR count). The summed E-state index contributed by atoms with van der Waals surface area (Å²) in [6.07, 6.45) is 0. The summed E-state index contributed by atoms with van der Waals surface area (Å²) in [6, 6.07) is 5.77. The van der Waals surface area contributed by atoms with Crippen molar-refractivity contribution in [2.75, 3.05) is 7.11 Å². The van der Waals surface area contributed by atoms with Crippen molar-refractivity contribution in [1.29, 1.82) is 0 Å². The van der Waals surface area contributed by atoms with E-state index in [1.807, 2.05) is 39.0 Å². The molecule has 86 valence electrons. The molecule has 16 heavy (non-hydrogen) atoms. The van der Waals surface area contributed by atoms with E-state index in [9.17, 15) is 4.79 Å². The third-order valence-electron chi connectivity index (χ3n) is 2.63. The molecule has 2 nitrogen and oxygen atoms in total. The van der Waals surface area contributed by atoms with Crippen molar-refractivity contribution in [3.8, 4) is 5.75 Å². The molecule has 0 N–H and O–H groups in total. The zero-order valence-corrected chi connectivity index (χ0v) is 10.5. The van der Waals surface area contributed by atoms with Crippen LogP contribution in [0.15, 0.2) is 23.8 Å². The Bertz CT molecular complexity index is 438. The van der Waals surface area contributed by atoms with Gasteiger partial charge in [-0.2, -0.15) is 0 Å². The second-order valence-corrected chi connectivity index (χ2v) is 4.06. The van der Waals surface area contributed by atoms with Gasteiger partial charge in [0.05, 0.1) is 7.11 Å². The number of methoxy groups -OCH3 is 1. The molecule has 0 aromatic heterocycles. The quantitative estimate of drug-likeness (QED) is 0.727. The Morgan fingerprint density at radius 2 is 1.81 bits per heavy atom. The molecule has 0 radical (unpaired) electrons. The second kappa shape index (κ2) is 4.97. The van der Waals surface area contributed by atoms with Crippen molar-refractivity contribution >= 4 is 11.4 Å². The minimum absolute atomic E-state index is 0.0938. The van der Waals surface area contributed by atoms with E-state index in [4.69, 9.17) is 4.74 Å². The Hall–Kier alpha value is -1.57. The van der Waals surface area contributed by atoms with Crippen molar-refractivity contribution in [3.05, 3.63) is 34.9 Å². The van der Waals surface area contributed by atoms with Gasteiger partial charge in [0.2, 0.25) is 0 Å². The lowest BCUT2D eigenvalue weighted by atomic mass is 9.94. The Kier molecular flexibility index (Phi) is 3.88. The minimum atomic E-state index is 0.0938. The highest BCUT2D eigenvalue weighted by molar-refractivity contribution is 6.20. The summed E-state index contributed by atoms with van der Waals surface area (Å²) in [4.78, 5) is 11.6. The highest BCUT2D eigenvalue weighted by Crippen LogP contribution is 2.28. The van der Waals surface area contributed by atoms with Gasteiger partial charge in [0, 0.05) is 5.57 Å². The number of benzene rings is 1. The summed E-state index contributed by atoms with van der Waals surface area (Å²) in [7, 11) is 1.64. The first kappa shape index (κ1) is 12.5. The van der Waals surface area contributed by atoms with Gasteiger partial charge in [-0.1, -0.05) is 17.7 Å². The predicted octanol–water partition coefficient (Wildman–Crippen LogP) is 3.39. The van der Waals surface area contributed by atoms with Crippen molar-refractivity contribution in [1.82, 2.24) is 0 Å². The van der Waals surface area contributed by atoms with Gasteiger partial charge in [0.1, 0.15) is 5.75 Å². The first-order valence-corrected chi connectivity index (χ1v) is 5.31. The van der Waals surface area contributed by atoms with Crippen molar-refractivity contribution in [3.63, 3.8) is 0 Å². The van der Waals surface area contributed by atoms with Gasteiger partial charge in [-0.25, -0.2) is 0 Å². The van der Waals surface area contributed by atoms with Gasteiger partial charge in [-0.15, -0.1) is 0 Å². The fourth-order valence-corrected chi connectivity index (χ4v) is 1.92. The summed E-state index contributed by atoms with van der Waals surface area (Å²) in [5, 5.41) is 0. The first-order valence-electron chi connectivity index (χ1n) is 5.31. The Labute approximate surface area is 96.9 Å². The number of ketones is 1. The molecule has 0 amide bonds. The Balaban J connectivity index is 3.44. The molecule has 0 bridgehead atoms. The third-order valence-corrected chi connectivity index (χ3v) is 2.63. The molecule has 0 fully saturated rings. The first-order chi connectivity index (χ1) is 7.49. The van der Waals surface area contributed by atoms with E-state index in [1.54, 1.807) is 14.0 Å². The highest BCUT2D eigenvalue weighted by Gasteiger charge is 2.13. The monoisotopic (exact) mass is 218 g/mol. The molecule has 1 aromatic carbocycles. The van der Waals surface area contributed by atoms with Crippen LogP contribution in [0.25, 0.3) is 5.57 Å². The average molecular weight is 218 g/mol. The molecule has 0 heterocycles. The number of carbonyl (C=O) groups excluding carboxylic acids is 1. The minimum Gasteiger partial charge on any atom is -0.496 e. The van der Waals surface area contributed by atoms with E-state index in [2.05, 4.69) is 0 Å². The predicted molar refractivity (Wildman–Crippen MR) is 66.7 cm³/mol. The summed E-state index contributed by atoms with van der Waals surface area (Å²) in [5.41, 5.74) is 3.79. The molecule has 0 saturated heterocycles. The summed E-state index contributed by atoms with van der Waals surface area (Å²) >= 11 is 0. The molecule has 0 atom stereocenters. The van der Waals surface area contributed by atoms with Crippen molar-refractivity contribution < 1.29 is 9.53 Å². The van der Waals surface area contributed by atoms with Crippen LogP contribution in [0.2, 0.25) is 0 Å². The van der Waals surface area contributed by atoms with Crippen LogP contribution in [-0.4, -0.2) is 12.9 Å². The van der Waals surface area contributed by atoms with E-state index < -0.39 is 0 Å². The third kappa shape index (κ3) is 2.32. The van der Waals surface area contributed by atoms with Crippen molar-refractivity contribution in [2.24, 2.45) is 0 Å². The Morgan fingerprint density at radius 3 is 2.25 bits per heavy atom. The molecular weight excluding hydrogens is 200 g/mol. The van der Waals surface area contributed by atoms with Gasteiger partial charge in [0.15, 0.2) is 5.78 Å². The van der Waals surface area contributed by atoms with Crippen LogP contribution in [0.3, 0.4) is 0 Å². The zero-order valence-electron chi connectivity index (χ0n) is 10.5.